The number of halogens is 3. The summed E-state index contributed by atoms with van der Waals surface area (Å²) in [5.74, 6) is 0. The first-order valence-electron chi connectivity index (χ1n) is 6.05. The van der Waals surface area contributed by atoms with E-state index in [2.05, 4.69) is 10.3 Å². The van der Waals surface area contributed by atoms with Crippen LogP contribution in [0.5, 0.6) is 0 Å². The number of nitrogens with one attached hydrogen (secondary N) is 1. The summed E-state index contributed by atoms with van der Waals surface area (Å²) in [6.07, 6.45) is -5.02. The highest BCUT2D eigenvalue weighted by atomic mass is 19.4. The summed E-state index contributed by atoms with van der Waals surface area (Å²) in [6, 6.07) is 8.50. The molecule has 1 heterocycles. The van der Waals surface area contributed by atoms with E-state index in [1.807, 2.05) is 31.2 Å². The fourth-order valence-corrected chi connectivity index (χ4v) is 2.09. The maximum absolute atomic E-state index is 12.3. The number of pyridine rings is 1. The molecule has 0 fully saturated rings. The van der Waals surface area contributed by atoms with Gasteiger partial charge in [0.2, 0.25) is 0 Å². The van der Waals surface area contributed by atoms with Crippen LogP contribution < -0.4 is 5.32 Å². The molecule has 0 aliphatic rings. The normalized spacial score (nSPS) is 13.5. The van der Waals surface area contributed by atoms with E-state index in [-0.39, 0.29) is 0 Å². The Hall–Kier alpha value is -1.78. The van der Waals surface area contributed by atoms with E-state index in [4.69, 9.17) is 0 Å². The van der Waals surface area contributed by atoms with Crippen molar-refractivity contribution in [2.24, 2.45) is 0 Å². The third-order valence-electron chi connectivity index (χ3n) is 2.78. The first kappa shape index (κ1) is 13.6. The topological polar surface area (TPSA) is 24.9 Å². The number of alkyl halides is 3. The molecular weight excluding hydrogens is 253 g/mol. The van der Waals surface area contributed by atoms with E-state index in [9.17, 15) is 13.2 Å². The van der Waals surface area contributed by atoms with Gasteiger partial charge in [0.25, 0.3) is 0 Å². The van der Waals surface area contributed by atoms with Crippen LogP contribution in [0.3, 0.4) is 0 Å². The lowest BCUT2D eigenvalue weighted by Crippen LogP contribution is -2.24. The molecule has 0 saturated carbocycles. The Balaban J connectivity index is 2.29. The van der Waals surface area contributed by atoms with Gasteiger partial charge in [0.15, 0.2) is 0 Å². The summed E-state index contributed by atoms with van der Waals surface area (Å²) < 4.78 is 37.0. The van der Waals surface area contributed by atoms with Crippen molar-refractivity contribution in [2.75, 3.05) is 5.32 Å². The van der Waals surface area contributed by atoms with Crippen LogP contribution in [0.2, 0.25) is 0 Å². The largest absolute Gasteiger partial charge is 0.391 e. The molecule has 0 aliphatic carbocycles. The molecule has 0 amide bonds. The van der Waals surface area contributed by atoms with E-state index in [0.29, 0.717) is 5.69 Å². The van der Waals surface area contributed by atoms with Crippen LogP contribution in [0.25, 0.3) is 10.9 Å². The molecule has 2 aromatic rings. The molecule has 5 heteroatoms. The molecule has 1 aromatic heterocycles. The number of aromatic nitrogens is 1. The van der Waals surface area contributed by atoms with Gasteiger partial charge >= 0.3 is 6.18 Å². The molecule has 0 spiro atoms. The molecule has 102 valence electrons. The third kappa shape index (κ3) is 3.59. The quantitative estimate of drug-likeness (QED) is 0.897. The van der Waals surface area contributed by atoms with Gasteiger partial charge in [-0.05, 0) is 26.0 Å². The highest BCUT2D eigenvalue weighted by molar-refractivity contribution is 5.91. The average Bonchev–Trinajstić information content (AvgIpc) is 2.25. The SMILES string of the molecule is Cc1cc(NC(C)CC(F)(F)F)c2ccccc2n1. The molecule has 0 aliphatic heterocycles. The Morgan fingerprint density at radius 3 is 2.63 bits per heavy atom. The zero-order valence-corrected chi connectivity index (χ0v) is 10.8. The number of aryl methyl sites for hydroxylation is 1. The predicted molar refractivity (Wildman–Crippen MR) is 70.2 cm³/mol. The van der Waals surface area contributed by atoms with Crippen molar-refractivity contribution in [1.29, 1.82) is 0 Å². The Kier molecular flexibility index (Phi) is 3.64. The number of para-hydroxylation sites is 1. The fourth-order valence-electron chi connectivity index (χ4n) is 2.09. The fraction of sp³-hybridized carbons (Fsp3) is 0.357. The maximum Gasteiger partial charge on any atom is 0.391 e. The Morgan fingerprint density at radius 2 is 1.95 bits per heavy atom. The van der Waals surface area contributed by atoms with E-state index < -0.39 is 18.6 Å². The minimum Gasteiger partial charge on any atom is -0.382 e. The van der Waals surface area contributed by atoms with Crippen LogP contribution in [0.1, 0.15) is 19.0 Å². The molecule has 0 radical (unpaired) electrons. The summed E-state index contributed by atoms with van der Waals surface area (Å²) >= 11 is 0. The van der Waals surface area contributed by atoms with Gasteiger partial charge in [-0.2, -0.15) is 13.2 Å². The maximum atomic E-state index is 12.3. The van der Waals surface area contributed by atoms with E-state index >= 15 is 0 Å². The van der Waals surface area contributed by atoms with Crippen LogP contribution in [-0.2, 0) is 0 Å². The molecule has 0 saturated heterocycles. The average molecular weight is 268 g/mol. The van der Waals surface area contributed by atoms with E-state index in [1.165, 1.54) is 6.92 Å². The monoisotopic (exact) mass is 268 g/mol. The second-order valence-electron chi connectivity index (χ2n) is 4.69. The number of hydrogen-bond acceptors (Lipinski definition) is 2. The number of hydrogen-bond donors (Lipinski definition) is 1. The molecular formula is C14H15F3N2. The Morgan fingerprint density at radius 1 is 1.26 bits per heavy atom. The van der Waals surface area contributed by atoms with Crippen molar-refractivity contribution < 1.29 is 13.2 Å². The van der Waals surface area contributed by atoms with Gasteiger partial charge in [0.05, 0.1) is 11.9 Å². The number of nitrogens with zero attached hydrogens (tertiary/aromatic N) is 1. The number of anilines is 1. The van der Waals surface area contributed by atoms with Crippen molar-refractivity contribution in [3.05, 3.63) is 36.0 Å². The second kappa shape index (κ2) is 5.07. The van der Waals surface area contributed by atoms with Crippen LogP contribution in [0, 0.1) is 6.92 Å². The standard InChI is InChI=1S/C14H15F3N2/c1-9-7-13(19-10(2)8-14(15,16)17)11-5-3-4-6-12(11)18-9/h3-7,10H,8H2,1-2H3,(H,18,19). The lowest BCUT2D eigenvalue weighted by atomic mass is 10.1. The van der Waals surface area contributed by atoms with Crippen molar-refractivity contribution >= 4 is 16.6 Å². The summed E-state index contributed by atoms with van der Waals surface area (Å²) in [4.78, 5) is 4.36. The van der Waals surface area contributed by atoms with Gasteiger partial charge in [0, 0.05) is 22.8 Å². The first-order valence-corrected chi connectivity index (χ1v) is 6.05. The molecule has 1 unspecified atom stereocenters. The van der Waals surface area contributed by atoms with Gasteiger partial charge in [-0.15, -0.1) is 0 Å². The van der Waals surface area contributed by atoms with Crippen molar-refractivity contribution in [2.45, 2.75) is 32.5 Å². The van der Waals surface area contributed by atoms with Gasteiger partial charge in [-0.3, -0.25) is 4.98 Å². The van der Waals surface area contributed by atoms with Crippen molar-refractivity contribution in [1.82, 2.24) is 4.98 Å². The van der Waals surface area contributed by atoms with Crippen molar-refractivity contribution in [3.8, 4) is 0 Å². The van der Waals surface area contributed by atoms with Gasteiger partial charge in [-0.1, -0.05) is 18.2 Å². The third-order valence-corrected chi connectivity index (χ3v) is 2.78. The second-order valence-corrected chi connectivity index (χ2v) is 4.69. The molecule has 19 heavy (non-hydrogen) atoms. The highest BCUT2D eigenvalue weighted by Gasteiger charge is 2.30. The van der Waals surface area contributed by atoms with E-state index in [0.717, 1.165) is 16.6 Å². The lowest BCUT2D eigenvalue weighted by molar-refractivity contribution is -0.136. The minimum atomic E-state index is -4.16. The summed E-state index contributed by atoms with van der Waals surface area (Å²) in [6.45, 7) is 3.35. The van der Waals surface area contributed by atoms with Gasteiger partial charge < -0.3 is 5.32 Å². The smallest absolute Gasteiger partial charge is 0.382 e. The van der Waals surface area contributed by atoms with Crippen molar-refractivity contribution in [3.63, 3.8) is 0 Å². The Labute approximate surface area is 109 Å². The molecule has 0 bridgehead atoms. The van der Waals surface area contributed by atoms with Gasteiger partial charge in [0.1, 0.15) is 0 Å². The first-order chi connectivity index (χ1) is 8.85. The van der Waals surface area contributed by atoms with E-state index in [1.54, 1.807) is 6.07 Å². The van der Waals surface area contributed by atoms with Crippen LogP contribution in [0.4, 0.5) is 18.9 Å². The summed E-state index contributed by atoms with van der Waals surface area (Å²) in [5, 5.41) is 3.76. The summed E-state index contributed by atoms with van der Waals surface area (Å²) in [5.41, 5.74) is 2.25. The lowest BCUT2D eigenvalue weighted by Gasteiger charge is -2.18. The molecule has 1 aromatic carbocycles. The predicted octanol–water partition coefficient (Wildman–Crippen LogP) is 4.30. The minimum absolute atomic E-state index is 0.676. The molecule has 1 N–H and O–H groups in total. The molecule has 1 atom stereocenters. The van der Waals surface area contributed by atoms with Crippen LogP contribution >= 0.6 is 0 Å². The zero-order valence-electron chi connectivity index (χ0n) is 10.8. The number of benzene rings is 1. The van der Waals surface area contributed by atoms with Crippen LogP contribution in [-0.4, -0.2) is 17.2 Å². The highest BCUT2D eigenvalue weighted by Crippen LogP contribution is 2.27. The Bertz CT molecular complexity index is 578. The number of rotatable bonds is 3. The molecule has 2 nitrogen and oxygen atoms in total. The summed E-state index contributed by atoms with van der Waals surface area (Å²) in [7, 11) is 0. The van der Waals surface area contributed by atoms with Gasteiger partial charge in [-0.25, -0.2) is 0 Å². The molecule has 2 rings (SSSR count). The zero-order chi connectivity index (χ0) is 14.0. The van der Waals surface area contributed by atoms with Crippen LogP contribution in [0.15, 0.2) is 30.3 Å². The number of fused-ring (bicyclic) bond motifs is 1.